The fraction of sp³-hybridized carbons (Fsp3) is 0.467. The molecule has 3 aromatic carbocycles. The molecule has 1 unspecified atom stereocenters. The summed E-state index contributed by atoms with van der Waals surface area (Å²) in [5.74, 6) is -0.396. The summed E-state index contributed by atoms with van der Waals surface area (Å²) in [5, 5.41) is 11.6. The summed E-state index contributed by atoms with van der Waals surface area (Å²) in [7, 11) is 0. The highest BCUT2D eigenvalue weighted by molar-refractivity contribution is 6.23. The third-order valence-corrected chi connectivity index (χ3v) is 13.2. The highest BCUT2D eigenvalue weighted by atomic mass is 16.5. The fourth-order valence-corrected chi connectivity index (χ4v) is 10.0. The van der Waals surface area contributed by atoms with Gasteiger partial charge in [0.2, 0.25) is 11.8 Å². The predicted octanol–water partition coefficient (Wildman–Crippen LogP) is 5.14. The molecule has 1 atom stereocenters. The first-order chi connectivity index (χ1) is 27.7. The summed E-state index contributed by atoms with van der Waals surface area (Å²) in [5.41, 5.74) is 7.65. The molecule has 5 aliphatic heterocycles. The van der Waals surface area contributed by atoms with E-state index in [1.807, 2.05) is 43.3 Å². The molecule has 294 valence electrons. The van der Waals surface area contributed by atoms with E-state index in [1.54, 1.807) is 0 Å². The van der Waals surface area contributed by atoms with Crippen LogP contribution in [0, 0.1) is 17.2 Å². The van der Waals surface area contributed by atoms with Crippen LogP contribution in [0.2, 0.25) is 0 Å². The largest absolute Gasteiger partial charge is 0.490 e. The molecule has 12 heteroatoms. The van der Waals surface area contributed by atoms with Crippen LogP contribution in [0.15, 0.2) is 48.5 Å². The number of imide groups is 2. The number of hydrogen-bond donors (Lipinski definition) is 1. The van der Waals surface area contributed by atoms with Gasteiger partial charge in [-0.05, 0) is 134 Å². The number of amides is 5. The van der Waals surface area contributed by atoms with Gasteiger partial charge in [0, 0.05) is 63.0 Å². The Balaban J connectivity index is 0.764. The van der Waals surface area contributed by atoms with Crippen molar-refractivity contribution in [2.24, 2.45) is 5.92 Å². The van der Waals surface area contributed by atoms with Crippen LogP contribution in [0.4, 0.5) is 5.69 Å². The highest BCUT2D eigenvalue weighted by Crippen LogP contribution is 2.36. The predicted molar refractivity (Wildman–Crippen MR) is 211 cm³/mol. The maximum absolute atomic E-state index is 13.6. The topological polar surface area (TPSA) is 143 Å². The van der Waals surface area contributed by atoms with E-state index in [0.29, 0.717) is 35.7 Å². The maximum atomic E-state index is 13.6. The number of rotatable bonds is 8. The number of nitrogens with one attached hydrogen (secondary N) is 1. The van der Waals surface area contributed by atoms with Crippen molar-refractivity contribution in [1.82, 2.24) is 20.0 Å². The molecule has 3 aromatic rings. The van der Waals surface area contributed by atoms with Gasteiger partial charge in [-0.15, -0.1) is 0 Å². The van der Waals surface area contributed by atoms with E-state index in [-0.39, 0.29) is 36.8 Å². The van der Waals surface area contributed by atoms with E-state index in [2.05, 4.69) is 38.2 Å². The highest BCUT2D eigenvalue weighted by Gasteiger charge is 2.45. The Hall–Kier alpha value is -5.54. The Morgan fingerprint density at radius 2 is 1.51 bits per heavy atom. The first-order valence-corrected chi connectivity index (χ1v) is 20.7. The van der Waals surface area contributed by atoms with E-state index >= 15 is 0 Å². The van der Waals surface area contributed by atoms with Crippen LogP contribution in [-0.2, 0) is 35.5 Å². The number of carbonyl (C=O) groups excluding carboxylic acids is 5. The lowest BCUT2D eigenvalue weighted by atomic mass is 9.91. The van der Waals surface area contributed by atoms with Gasteiger partial charge in [-0.25, -0.2) is 0 Å². The van der Waals surface area contributed by atoms with Gasteiger partial charge in [0.15, 0.2) is 0 Å². The number of benzene rings is 3. The molecule has 5 heterocycles. The van der Waals surface area contributed by atoms with Gasteiger partial charge in [-0.2, -0.15) is 5.26 Å². The minimum atomic E-state index is -0.961. The van der Waals surface area contributed by atoms with Crippen LogP contribution in [0.3, 0.4) is 0 Å². The van der Waals surface area contributed by atoms with Gasteiger partial charge in [0.05, 0.1) is 28.9 Å². The smallest absolute Gasteiger partial charge is 0.262 e. The molecular weight excluding hydrogens is 721 g/mol. The third-order valence-electron chi connectivity index (χ3n) is 13.2. The number of nitrogens with zero attached hydrogens (tertiary/aromatic N) is 5. The summed E-state index contributed by atoms with van der Waals surface area (Å²) in [6, 6.07) is 17.3. The van der Waals surface area contributed by atoms with Crippen molar-refractivity contribution >= 4 is 35.2 Å². The zero-order valence-corrected chi connectivity index (χ0v) is 32.4. The average Bonchev–Trinajstić information content (AvgIpc) is 3.68. The Labute approximate surface area is 332 Å². The molecule has 12 nitrogen and oxygen atoms in total. The van der Waals surface area contributed by atoms with E-state index in [9.17, 15) is 29.2 Å². The quantitative estimate of drug-likeness (QED) is 0.308. The third kappa shape index (κ3) is 6.96. The standard InChI is InChI=1S/C45H48N6O6/c1-2-28-20-36(7-3-30(28)23-46)57-35-8-4-33(5-9-35)50-26-32-19-34(6-10-37(32)43(50)54)49-17-13-27(14-18-49)24-48-16-15-29-21-38-39(22-31(29)25-48)45(56)51(44(38)55)40-11-12-41(52)47-42(40)53/h3,6-7,10,19-22,27,33,35,40H,2,4-5,8-9,11-18,24-26H2,1H3,(H,47,52,53)/t33-,35-,40?. The Kier molecular flexibility index (Phi) is 9.81. The monoisotopic (exact) mass is 768 g/mol. The summed E-state index contributed by atoms with van der Waals surface area (Å²) in [6.07, 6.45) is 7.68. The number of fused-ring (bicyclic) bond motifs is 3. The fourth-order valence-electron chi connectivity index (χ4n) is 10.0. The minimum absolute atomic E-state index is 0.101. The van der Waals surface area contributed by atoms with E-state index in [0.717, 1.165) is 116 Å². The van der Waals surface area contributed by atoms with Gasteiger partial charge < -0.3 is 14.5 Å². The average molecular weight is 769 g/mol. The van der Waals surface area contributed by atoms with Crippen molar-refractivity contribution in [3.05, 3.63) is 93.0 Å². The van der Waals surface area contributed by atoms with Crippen molar-refractivity contribution < 1.29 is 28.7 Å². The van der Waals surface area contributed by atoms with Crippen molar-refractivity contribution in [2.45, 2.75) is 102 Å². The van der Waals surface area contributed by atoms with Gasteiger partial charge in [0.1, 0.15) is 11.8 Å². The minimum Gasteiger partial charge on any atom is -0.490 e. The molecule has 0 aromatic heterocycles. The molecule has 0 bridgehead atoms. The molecule has 1 aliphatic carbocycles. The van der Waals surface area contributed by atoms with Crippen molar-refractivity contribution in [3.8, 4) is 11.8 Å². The van der Waals surface area contributed by atoms with Crippen LogP contribution in [0.1, 0.15) is 117 Å². The molecule has 0 radical (unpaired) electrons. The molecule has 0 spiro atoms. The van der Waals surface area contributed by atoms with Crippen LogP contribution in [0.25, 0.3) is 0 Å². The van der Waals surface area contributed by atoms with Crippen molar-refractivity contribution in [2.75, 3.05) is 31.1 Å². The first kappa shape index (κ1) is 37.1. The second-order valence-corrected chi connectivity index (χ2v) is 16.6. The van der Waals surface area contributed by atoms with Gasteiger partial charge >= 0.3 is 0 Å². The molecule has 57 heavy (non-hydrogen) atoms. The van der Waals surface area contributed by atoms with Gasteiger partial charge in [-0.3, -0.25) is 39.1 Å². The Morgan fingerprint density at radius 1 is 0.754 bits per heavy atom. The van der Waals surface area contributed by atoms with E-state index in [1.165, 1.54) is 5.69 Å². The Bertz CT molecular complexity index is 2210. The lowest BCUT2D eigenvalue weighted by Gasteiger charge is -2.37. The summed E-state index contributed by atoms with van der Waals surface area (Å²) in [6.45, 7) is 7.16. The van der Waals surface area contributed by atoms with Gasteiger partial charge in [0.25, 0.3) is 17.7 Å². The van der Waals surface area contributed by atoms with Crippen LogP contribution in [0.5, 0.6) is 5.75 Å². The number of aryl methyl sites for hydroxylation is 1. The molecular formula is C45H48N6O6. The second-order valence-electron chi connectivity index (χ2n) is 16.6. The summed E-state index contributed by atoms with van der Waals surface area (Å²) >= 11 is 0. The van der Waals surface area contributed by atoms with E-state index < -0.39 is 23.8 Å². The molecule has 1 N–H and O–H groups in total. The molecule has 3 fully saturated rings. The Morgan fingerprint density at radius 3 is 2.23 bits per heavy atom. The molecule has 5 amide bonds. The molecule has 6 aliphatic rings. The van der Waals surface area contributed by atoms with Crippen LogP contribution >= 0.6 is 0 Å². The van der Waals surface area contributed by atoms with E-state index in [4.69, 9.17) is 4.74 Å². The zero-order chi connectivity index (χ0) is 39.4. The number of piperidine rings is 2. The number of ether oxygens (including phenoxy) is 1. The van der Waals surface area contributed by atoms with Gasteiger partial charge in [-0.1, -0.05) is 6.92 Å². The molecule has 2 saturated heterocycles. The van der Waals surface area contributed by atoms with Crippen LogP contribution < -0.4 is 15.0 Å². The second kappa shape index (κ2) is 15.1. The number of nitriles is 1. The summed E-state index contributed by atoms with van der Waals surface area (Å²) < 4.78 is 6.33. The lowest BCUT2D eigenvalue weighted by molar-refractivity contribution is -0.136. The normalized spacial score (nSPS) is 24.0. The lowest BCUT2D eigenvalue weighted by Crippen LogP contribution is -2.54. The van der Waals surface area contributed by atoms with Crippen molar-refractivity contribution in [3.63, 3.8) is 0 Å². The zero-order valence-electron chi connectivity index (χ0n) is 32.4. The van der Waals surface area contributed by atoms with Crippen LogP contribution in [-0.4, -0.2) is 88.6 Å². The summed E-state index contributed by atoms with van der Waals surface area (Å²) in [4.78, 5) is 72.5. The maximum Gasteiger partial charge on any atom is 0.262 e. The SMILES string of the molecule is CCc1cc(O[C@H]2CC[C@H](N3Cc4cc(N5CCC(CN6CCc7cc8c(cc7C6)C(=O)N(C6CCC(=O)NC6=O)C8=O)CC5)ccc4C3=O)CC2)ccc1C#N. The number of hydrogen-bond acceptors (Lipinski definition) is 9. The molecule has 1 saturated carbocycles. The number of anilines is 1. The number of carbonyl (C=O) groups is 5. The first-order valence-electron chi connectivity index (χ1n) is 20.7. The molecule has 9 rings (SSSR count). The van der Waals surface area contributed by atoms with Crippen molar-refractivity contribution in [1.29, 1.82) is 5.26 Å².